The van der Waals surface area contributed by atoms with Gasteiger partial charge in [0.2, 0.25) is 5.88 Å². The van der Waals surface area contributed by atoms with Crippen molar-refractivity contribution < 1.29 is 9.53 Å². The summed E-state index contributed by atoms with van der Waals surface area (Å²) in [4.78, 5) is 35.3. The lowest BCUT2D eigenvalue weighted by Crippen LogP contribution is -2.32. The van der Waals surface area contributed by atoms with E-state index in [0.29, 0.717) is 12.4 Å². The lowest BCUT2D eigenvalue weighted by Gasteiger charge is -2.27. The van der Waals surface area contributed by atoms with Gasteiger partial charge in [-0.15, -0.1) is 0 Å². The lowest BCUT2D eigenvalue weighted by atomic mass is 10.1. The van der Waals surface area contributed by atoms with Gasteiger partial charge in [-0.1, -0.05) is 30.3 Å². The van der Waals surface area contributed by atoms with Gasteiger partial charge >= 0.3 is 0 Å². The fraction of sp³-hybridized carbons (Fsp3) is 0.348. The number of rotatable bonds is 8. The Hall–Kier alpha value is -3.75. The van der Waals surface area contributed by atoms with Crippen molar-refractivity contribution in [2.24, 2.45) is 0 Å². The average molecular weight is 435 g/mol. The van der Waals surface area contributed by atoms with Crippen molar-refractivity contribution in [1.82, 2.24) is 25.1 Å². The number of hydrogen-bond acceptors (Lipinski definition) is 7. The van der Waals surface area contributed by atoms with Crippen molar-refractivity contribution in [3.05, 3.63) is 76.5 Å². The van der Waals surface area contributed by atoms with E-state index in [-0.39, 0.29) is 30.3 Å². The minimum atomic E-state index is -0.368. The highest BCUT2D eigenvalue weighted by molar-refractivity contribution is 5.91. The van der Waals surface area contributed by atoms with Crippen molar-refractivity contribution in [2.45, 2.75) is 25.8 Å². The maximum absolute atomic E-state index is 12.5. The molecule has 1 aliphatic rings. The van der Waals surface area contributed by atoms with Crippen LogP contribution in [-0.2, 0) is 6.54 Å². The number of ether oxygens (including phenoxy) is 1. The zero-order valence-corrected chi connectivity index (χ0v) is 17.8. The van der Waals surface area contributed by atoms with Gasteiger partial charge in [0.15, 0.2) is 0 Å². The summed E-state index contributed by atoms with van der Waals surface area (Å²) in [5, 5.41) is 6.96. The van der Waals surface area contributed by atoms with Crippen LogP contribution in [-0.4, -0.2) is 51.9 Å². The van der Waals surface area contributed by atoms with Gasteiger partial charge in [0.1, 0.15) is 24.4 Å². The molecular weight excluding hydrogens is 408 g/mol. The van der Waals surface area contributed by atoms with Crippen LogP contribution in [0.15, 0.2) is 59.7 Å². The van der Waals surface area contributed by atoms with Crippen molar-refractivity contribution in [3.8, 4) is 5.88 Å². The van der Waals surface area contributed by atoms with Crippen LogP contribution in [0.5, 0.6) is 5.88 Å². The zero-order valence-electron chi connectivity index (χ0n) is 17.8. The Morgan fingerprint density at radius 2 is 1.84 bits per heavy atom. The average Bonchev–Trinajstić information content (AvgIpc) is 2.84. The quantitative estimate of drug-likeness (QED) is 0.540. The maximum atomic E-state index is 12.5. The number of anilines is 1. The maximum Gasteiger partial charge on any atom is 0.271 e. The summed E-state index contributed by atoms with van der Waals surface area (Å²) in [5.41, 5.74) is 0.846. The number of carbonyl (C=O) groups is 1. The number of aromatic nitrogens is 4. The highest BCUT2D eigenvalue weighted by Crippen LogP contribution is 2.19. The molecule has 0 unspecified atom stereocenters. The largest absolute Gasteiger partial charge is 0.476 e. The number of piperidine rings is 1. The van der Waals surface area contributed by atoms with Gasteiger partial charge in [-0.25, -0.2) is 14.6 Å². The topological polar surface area (TPSA) is 102 Å². The van der Waals surface area contributed by atoms with Crippen LogP contribution in [0.4, 0.5) is 5.82 Å². The minimum Gasteiger partial charge on any atom is -0.476 e. The Kier molecular flexibility index (Phi) is 7.06. The first-order valence-electron chi connectivity index (χ1n) is 10.8. The smallest absolute Gasteiger partial charge is 0.271 e. The number of amides is 1. The van der Waals surface area contributed by atoms with Gasteiger partial charge in [0.25, 0.3) is 11.5 Å². The number of nitrogens with zero attached hydrogens (tertiary/aromatic N) is 5. The summed E-state index contributed by atoms with van der Waals surface area (Å²) in [5.74, 6) is 0.972. The summed E-state index contributed by atoms with van der Waals surface area (Å²) >= 11 is 0. The highest BCUT2D eigenvalue weighted by Gasteiger charge is 2.13. The summed E-state index contributed by atoms with van der Waals surface area (Å²) < 4.78 is 6.96. The summed E-state index contributed by atoms with van der Waals surface area (Å²) in [7, 11) is 0. The standard InChI is InChI=1S/C23H26N6O3/c30-22-10-9-19(27-29(22)16-18-7-3-1-4-8-18)23(31)24-11-14-32-21-15-20(25-17-26-21)28-12-5-2-6-13-28/h1,3-4,7-10,15,17H,2,5-6,11-14,16H2,(H,24,31). The fourth-order valence-corrected chi connectivity index (χ4v) is 3.56. The molecule has 1 N–H and O–H groups in total. The molecule has 1 amide bonds. The van der Waals surface area contributed by atoms with E-state index in [9.17, 15) is 9.59 Å². The van der Waals surface area contributed by atoms with Crippen molar-refractivity contribution in [2.75, 3.05) is 31.1 Å². The van der Waals surface area contributed by atoms with Crippen molar-refractivity contribution in [1.29, 1.82) is 0 Å². The van der Waals surface area contributed by atoms with Crippen molar-refractivity contribution >= 4 is 11.7 Å². The molecule has 0 atom stereocenters. The van der Waals surface area contributed by atoms with E-state index in [1.807, 2.05) is 36.4 Å². The monoisotopic (exact) mass is 434 g/mol. The van der Waals surface area contributed by atoms with Gasteiger partial charge in [-0.05, 0) is 30.9 Å². The molecule has 4 rings (SSSR count). The second-order valence-electron chi connectivity index (χ2n) is 7.57. The Balaban J connectivity index is 1.29. The molecule has 3 aromatic rings. The summed E-state index contributed by atoms with van der Waals surface area (Å²) in [6.07, 6.45) is 5.08. The molecule has 0 spiro atoms. The van der Waals surface area contributed by atoms with Gasteiger partial charge in [0.05, 0.1) is 13.1 Å². The van der Waals surface area contributed by atoms with Crippen LogP contribution in [0.2, 0.25) is 0 Å². The number of hydrogen-bond donors (Lipinski definition) is 1. The summed E-state index contributed by atoms with van der Waals surface area (Å²) in [6.45, 7) is 2.82. The van der Waals surface area contributed by atoms with Crippen molar-refractivity contribution in [3.63, 3.8) is 0 Å². The molecule has 3 heterocycles. The first-order valence-corrected chi connectivity index (χ1v) is 10.8. The first kappa shape index (κ1) is 21.5. The van der Waals surface area contributed by atoms with Gasteiger partial charge in [-0.2, -0.15) is 5.10 Å². The Morgan fingerprint density at radius 3 is 2.66 bits per heavy atom. The molecule has 9 heteroatoms. The third-order valence-electron chi connectivity index (χ3n) is 5.22. The van der Waals surface area contributed by atoms with E-state index >= 15 is 0 Å². The molecule has 2 aromatic heterocycles. The second-order valence-corrected chi connectivity index (χ2v) is 7.57. The Bertz CT molecular complexity index is 1100. The lowest BCUT2D eigenvalue weighted by molar-refractivity contribution is 0.0939. The molecule has 0 saturated carbocycles. The second kappa shape index (κ2) is 10.5. The highest BCUT2D eigenvalue weighted by atomic mass is 16.5. The molecule has 166 valence electrons. The van der Waals surface area contributed by atoms with E-state index in [1.165, 1.54) is 42.4 Å². The molecule has 9 nitrogen and oxygen atoms in total. The fourth-order valence-electron chi connectivity index (χ4n) is 3.56. The zero-order chi connectivity index (χ0) is 22.2. The number of benzene rings is 1. The molecule has 0 aliphatic carbocycles. The number of nitrogens with one attached hydrogen (secondary N) is 1. The molecule has 1 aromatic carbocycles. The van der Waals surface area contributed by atoms with E-state index in [2.05, 4.69) is 25.3 Å². The van der Waals surface area contributed by atoms with E-state index in [1.54, 1.807) is 0 Å². The van der Waals surface area contributed by atoms with E-state index in [0.717, 1.165) is 24.5 Å². The van der Waals surface area contributed by atoms with Crippen LogP contribution in [0.3, 0.4) is 0 Å². The first-order chi connectivity index (χ1) is 15.7. The van der Waals surface area contributed by atoms with Gasteiger partial charge in [-0.3, -0.25) is 9.59 Å². The van der Waals surface area contributed by atoms with Crippen LogP contribution >= 0.6 is 0 Å². The number of carbonyl (C=O) groups excluding carboxylic acids is 1. The Morgan fingerprint density at radius 1 is 1.03 bits per heavy atom. The molecule has 0 bridgehead atoms. The molecule has 1 fully saturated rings. The van der Waals surface area contributed by atoms with E-state index < -0.39 is 0 Å². The van der Waals surface area contributed by atoms with Crippen LogP contribution in [0.25, 0.3) is 0 Å². The normalized spacial score (nSPS) is 13.6. The van der Waals surface area contributed by atoms with Crippen LogP contribution in [0.1, 0.15) is 35.3 Å². The SMILES string of the molecule is O=C(NCCOc1cc(N2CCCCC2)ncn1)c1ccc(=O)n(Cc2ccccc2)n1. The molecule has 1 aliphatic heterocycles. The van der Waals surface area contributed by atoms with Crippen LogP contribution in [0, 0.1) is 0 Å². The predicted octanol–water partition coefficient (Wildman–Crippen LogP) is 1.88. The minimum absolute atomic E-state index is 0.176. The third kappa shape index (κ3) is 5.69. The van der Waals surface area contributed by atoms with Crippen LogP contribution < -0.4 is 20.5 Å². The molecule has 1 saturated heterocycles. The molecule has 32 heavy (non-hydrogen) atoms. The van der Waals surface area contributed by atoms with Gasteiger partial charge in [0, 0.05) is 25.2 Å². The Labute approximate surface area is 186 Å². The summed E-state index contributed by atoms with van der Waals surface area (Å²) in [6, 6.07) is 14.1. The van der Waals surface area contributed by atoms with Gasteiger partial charge < -0.3 is 15.0 Å². The molecular formula is C23H26N6O3. The predicted molar refractivity (Wildman–Crippen MR) is 120 cm³/mol. The van der Waals surface area contributed by atoms with E-state index in [4.69, 9.17) is 4.74 Å². The third-order valence-corrected chi connectivity index (χ3v) is 5.22. The molecule has 0 radical (unpaired) electrons.